The van der Waals surface area contributed by atoms with Crippen molar-refractivity contribution in [2.24, 2.45) is 0 Å². The van der Waals surface area contributed by atoms with Crippen molar-refractivity contribution >= 4 is 11.6 Å². The van der Waals surface area contributed by atoms with E-state index in [-0.39, 0.29) is 11.9 Å². The lowest BCUT2D eigenvalue weighted by Crippen LogP contribution is -2.48. The van der Waals surface area contributed by atoms with E-state index in [1.807, 2.05) is 32.3 Å². The van der Waals surface area contributed by atoms with Crippen LogP contribution in [-0.4, -0.2) is 76.7 Å². The normalized spacial score (nSPS) is 16.3. The fraction of sp³-hybridized carbons (Fsp3) is 0.435. The summed E-state index contributed by atoms with van der Waals surface area (Å²) in [6.07, 6.45) is 0. The molecule has 0 saturated carbocycles. The molecule has 156 valence electrons. The highest BCUT2D eigenvalue weighted by Crippen LogP contribution is 2.24. The molecule has 2 aromatic carbocycles. The van der Waals surface area contributed by atoms with E-state index in [1.165, 1.54) is 11.3 Å². The molecule has 1 fully saturated rings. The number of nitrogens with one attached hydrogen (secondary N) is 1. The second kappa shape index (κ2) is 9.76. The molecule has 1 amide bonds. The molecule has 1 aliphatic rings. The minimum atomic E-state index is -0.0760. The average Bonchev–Trinajstić information content (AvgIpc) is 2.75. The van der Waals surface area contributed by atoms with Crippen molar-refractivity contribution in [2.75, 3.05) is 65.9 Å². The molecule has 0 unspecified atom stereocenters. The average molecular weight is 397 g/mol. The number of anilines is 1. The molecule has 1 heterocycles. The second-order valence-electron chi connectivity index (χ2n) is 7.78. The van der Waals surface area contributed by atoms with Crippen LogP contribution >= 0.6 is 0 Å². The van der Waals surface area contributed by atoms with Crippen molar-refractivity contribution in [3.05, 3.63) is 59.7 Å². The van der Waals surface area contributed by atoms with Crippen LogP contribution in [-0.2, 0) is 0 Å². The summed E-state index contributed by atoms with van der Waals surface area (Å²) in [6, 6.07) is 16.0. The van der Waals surface area contributed by atoms with Crippen LogP contribution in [0.2, 0.25) is 0 Å². The lowest BCUT2D eigenvalue weighted by Gasteiger charge is -2.38. The Labute approximate surface area is 174 Å². The van der Waals surface area contributed by atoms with E-state index in [2.05, 4.69) is 51.3 Å². The first-order valence-corrected chi connectivity index (χ1v) is 10.1. The molecule has 3 rings (SSSR count). The fourth-order valence-corrected chi connectivity index (χ4v) is 3.64. The maximum Gasteiger partial charge on any atom is 0.251 e. The summed E-state index contributed by atoms with van der Waals surface area (Å²) < 4.78 is 5.24. The number of rotatable bonds is 7. The molecule has 1 atom stereocenters. The molecule has 0 radical (unpaired) electrons. The molecule has 2 aromatic rings. The summed E-state index contributed by atoms with van der Waals surface area (Å²) in [5.74, 6) is 0.612. The minimum absolute atomic E-state index is 0.0760. The van der Waals surface area contributed by atoms with Gasteiger partial charge in [-0.15, -0.1) is 0 Å². The smallest absolute Gasteiger partial charge is 0.251 e. The summed E-state index contributed by atoms with van der Waals surface area (Å²) in [5.41, 5.74) is 3.02. The highest BCUT2D eigenvalue weighted by molar-refractivity contribution is 5.94. The van der Waals surface area contributed by atoms with Crippen LogP contribution in [0.15, 0.2) is 48.5 Å². The van der Waals surface area contributed by atoms with Crippen molar-refractivity contribution < 1.29 is 9.53 Å². The van der Waals surface area contributed by atoms with E-state index in [1.54, 1.807) is 13.2 Å². The van der Waals surface area contributed by atoms with Gasteiger partial charge in [0.2, 0.25) is 0 Å². The van der Waals surface area contributed by atoms with Crippen LogP contribution in [0.1, 0.15) is 22.0 Å². The van der Waals surface area contributed by atoms with Crippen LogP contribution in [0, 0.1) is 0 Å². The number of piperazine rings is 1. The van der Waals surface area contributed by atoms with Gasteiger partial charge in [-0.3, -0.25) is 9.69 Å². The number of carbonyl (C=O) groups excluding carboxylic acids is 1. The molecule has 0 aliphatic carbocycles. The van der Waals surface area contributed by atoms with Crippen molar-refractivity contribution in [3.8, 4) is 5.75 Å². The third-order valence-electron chi connectivity index (χ3n) is 5.56. The zero-order valence-electron chi connectivity index (χ0n) is 17.9. The van der Waals surface area contributed by atoms with Gasteiger partial charge in [-0.1, -0.05) is 18.2 Å². The van der Waals surface area contributed by atoms with Gasteiger partial charge in [0, 0.05) is 58.1 Å². The Morgan fingerprint density at radius 3 is 2.41 bits per heavy atom. The number of hydrogen-bond donors (Lipinski definition) is 1. The van der Waals surface area contributed by atoms with Gasteiger partial charge in [-0.25, -0.2) is 0 Å². The maximum atomic E-state index is 12.7. The van der Waals surface area contributed by atoms with Crippen molar-refractivity contribution in [1.29, 1.82) is 0 Å². The number of amides is 1. The molecular formula is C23H32N4O2. The van der Waals surface area contributed by atoms with Crippen molar-refractivity contribution in [3.63, 3.8) is 0 Å². The first-order valence-electron chi connectivity index (χ1n) is 10.1. The lowest BCUT2D eigenvalue weighted by atomic mass is 10.0. The SMILES string of the molecule is COc1cccc(C(=O)NC[C@H](c2ccc(N(C)C)cc2)N2CCN(C)CC2)c1. The molecule has 0 aromatic heterocycles. The fourth-order valence-electron chi connectivity index (χ4n) is 3.64. The van der Waals surface area contributed by atoms with Crippen molar-refractivity contribution in [2.45, 2.75) is 6.04 Å². The molecule has 1 aliphatic heterocycles. The minimum Gasteiger partial charge on any atom is -0.497 e. The van der Waals surface area contributed by atoms with Crippen LogP contribution in [0.5, 0.6) is 5.75 Å². The summed E-state index contributed by atoms with van der Waals surface area (Å²) >= 11 is 0. The zero-order chi connectivity index (χ0) is 20.8. The van der Waals surface area contributed by atoms with Gasteiger partial charge < -0.3 is 19.9 Å². The summed E-state index contributed by atoms with van der Waals surface area (Å²) in [7, 11) is 7.85. The van der Waals surface area contributed by atoms with Crippen molar-refractivity contribution in [1.82, 2.24) is 15.1 Å². The first-order chi connectivity index (χ1) is 14.0. The highest BCUT2D eigenvalue weighted by atomic mass is 16.5. The van der Waals surface area contributed by atoms with Crippen LogP contribution < -0.4 is 15.0 Å². The summed E-state index contributed by atoms with van der Waals surface area (Å²) in [6.45, 7) is 4.63. The Morgan fingerprint density at radius 1 is 1.10 bits per heavy atom. The number of methoxy groups -OCH3 is 1. The largest absolute Gasteiger partial charge is 0.497 e. The Kier molecular flexibility index (Phi) is 7.12. The number of benzene rings is 2. The van der Waals surface area contributed by atoms with Crippen LogP contribution in [0.3, 0.4) is 0 Å². The molecule has 1 N–H and O–H groups in total. The van der Waals surface area contributed by atoms with Gasteiger partial charge in [0.15, 0.2) is 0 Å². The molecule has 6 heteroatoms. The topological polar surface area (TPSA) is 48.1 Å². The first kappa shape index (κ1) is 21.1. The Morgan fingerprint density at radius 2 is 1.79 bits per heavy atom. The third-order valence-corrected chi connectivity index (χ3v) is 5.56. The van der Waals surface area contributed by atoms with E-state index in [4.69, 9.17) is 4.74 Å². The van der Waals surface area contributed by atoms with E-state index < -0.39 is 0 Å². The number of nitrogens with zero attached hydrogens (tertiary/aromatic N) is 3. The van der Waals surface area contributed by atoms with E-state index in [0.717, 1.165) is 26.2 Å². The molecule has 29 heavy (non-hydrogen) atoms. The number of ether oxygens (including phenoxy) is 1. The number of carbonyl (C=O) groups is 1. The van der Waals surface area contributed by atoms with Crippen LogP contribution in [0.25, 0.3) is 0 Å². The Hall–Kier alpha value is -2.57. The molecule has 1 saturated heterocycles. The van der Waals surface area contributed by atoms with Gasteiger partial charge in [0.05, 0.1) is 13.2 Å². The van der Waals surface area contributed by atoms with Gasteiger partial charge >= 0.3 is 0 Å². The van der Waals surface area contributed by atoms with Gasteiger partial charge in [0.1, 0.15) is 5.75 Å². The number of hydrogen-bond acceptors (Lipinski definition) is 5. The zero-order valence-corrected chi connectivity index (χ0v) is 17.9. The van der Waals surface area contributed by atoms with E-state index in [9.17, 15) is 4.79 Å². The Balaban J connectivity index is 1.74. The monoisotopic (exact) mass is 396 g/mol. The predicted octanol–water partition coefficient (Wildman–Crippen LogP) is 2.48. The molecular weight excluding hydrogens is 364 g/mol. The summed E-state index contributed by atoms with van der Waals surface area (Å²) in [4.78, 5) is 19.6. The molecule has 6 nitrogen and oxygen atoms in total. The predicted molar refractivity (Wildman–Crippen MR) is 118 cm³/mol. The molecule has 0 bridgehead atoms. The third kappa shape index (κ3) is 5.49. The number of likely N-dealkylation sites (N-methyl/N-ethyl adjacent to an activating group) is 1. The Bertz CT molecular complexity index is 799. The van der Waals surface area contributed by atoms with Gasteiger partial charge in [-0.05, 0) is 42.9 Å². The standard InChI is InChI=1S/C23H32N4O2/c1-25(2)20-10-8-18(9-11-20)22(27-14-12-26(3)13-15-27)17-24-23(28)19-6-5-7-21(16-19)29-4/h5-11,16,22H,12-15,17H2,1-4H3,(H,24,28)/t22-/m1/s1. The van der Waals surface area contributed by atoms with Gasteiger partial charge in [0.25, 0.3) is 5.91 Å². The van der Waals surface area contributed by atoms with Gasteiger partial charge in [-0.2, -0.15) is 0 Å². The lowest BCUT2D eigenvalue weighted by molar-refractivity contribution is 0.0886. The summed E-state index contributed by atoms with van der Waals surface area (Å²) in [5, 5.41) is 3.13. The second-order valence-corrected chi connectivity index (χ2v) is 7.78. The van der Waals surface area contributed by atoms with Crippen LogP contribution in [0.4, 0.5) is 5.69 Å². The van der Waals surface area contributed by atoms with E-state index >= 15 is 0 Å². The molecule has 0 spiro atoms. The van der Waals surface area contributed by atoms with E-state index in [0.29, 0.717) is 17.9 Å². The quantitative estimate of drug-likeness (QED) is 0.779. The maximum absolute atomic E-state index is 12.7. The highest BCUT2D eigenvalue weighted by Gasteiger charge is 2.24.